The first-order chi connectivity index (χ1) is 11.5. The lowest BCUT2D eigenvalue weighted by molar-refractivity contribution is -0.118. The number of ether oxygens (including phenoxy) is 2. The summed E-state index contributed by atoms with van der Waals surface area (Å²) in [6.07, 6.45) is 0. The van der Waals surface area contributed by atoms with Gasteiger partial charge >= 0.3 is 0 Å². The molecule has 0 unspecified atom stereocenters. The number of thiophene rings is 1. The van der Waals surface area contributed by atoms with Crippen molar-refractivity contribution in [2.45, 2.75) is 10.1 Å². The Hall–Kier alpha value is -1.77. The van der Waals surface area contributed by atoms with Gasteiger partial charge in [-0.2, -0.15) is 0 Å². The highest BCUT2D eigenvalue weighted by atomic mass is 35.5. The van der Waals surface area contributed by atoms with Crippen LogP contribution in [0.25, 0.3) is 0 Å². The van der Waals surface area contributed by atoms with E-state index in [2.05, 4.69) is 5.32 Å². The molecule has 0 aliphatic carbocycles. The Morgan fingerprint density at radius 3 is 2.79 bits per heavy atom. The first kappa shape index (κ1) is 17.1. The molecule has 24 heavy (non-hydrogen) atoms. The van der Waals surface area contributed by atoms with E-state index in [-0.39, 0.29) is 24.1 Å². The molecule has 1 atom stereocenters. The zero-order valence-corrected chi connectivity index (χ0v) is 14.8. The lowest BCUT2D eigenvalue weighted by Crippen LogP contribution is -2.32. The van der Waals surface area contributed by atoms with Gasteiger partial charge in [0.05, 0.1) is 4.90 Å². The first-order valence-electron chi connectivity index (χ1n) is 7.02. The first-order valence-corrected chi connectivity index (χ1v) is 9.98. The van der Waals surface area contributed by atoms with Gasteiger partial charge in [0.1, 0.15) is 11.1 Å². The smallest absolute Gasteiger partial charge is 0.234 e. The normalized spacial score (nSPS) is 14.4. The van der Waals surface area contributed by atoms with Crippen molar-refractivity contribution in [1.82, 2.24) is 5.32 Å². The van der Waals surface area contributed by atoms with Crippen molar-refractivity contribution in [3.8, 4) is 11.5 Å². The van der Waals surface area contributed by atoms with Crippen LogP contribution in [0.3, 0.4) is 0 Å². The maximum atomic E-state index is 13.1. The Balaban J connectivity index is 1.94. The molecule has 128 valence electrons. The van der Waals surface area contributed by atoms with E-state index >= 15 is 0 Å². The maximum Gasteiger partial charge on any atom is 0.234 e. The fourth-order valence-corrected chi connectivity index (χ4v) is 5.20. The molecule has 3 rings (SSSR count). The van der Waals surface area contributed by atoms with Gasteiger partial charge in [-0.3, -0.25) is 4.79 Å². The Labute approximate surface area is 148 Å². The maximum absolute atomic E-state index is 13.1. The Bertz CT molecular complexity index is 836. The molecular formula is C15H14ClNO5S2. The largest absolute Gasteiger partial charge is 0.454 e. The Morgan fingerprint density at radius 2 is 2.08 bits per heavy atom. The van der Waals surface area contributed by atoms with E-state index in [4.69, 9.17) is 21.1 Å². The molecule has 1 N–H and O–H groups in total. The molecule has 9 heteroatoms. The minimum absolute atomic E-state index is 0.0527. The van der Waals surface area contributed by atoms with Gasteiger partial charge in [0.2, 0.25) is 12.7 Å². The summed E-state index contributed by atoms with van der Waals surface area (Å²) in [4.78, 5) is 12.2. The molecule has 1 amide bonds. The summed E-state index contributed by atoms with van der Waals surface area (Å²) in [6.45, 7) is 0.0157. The molecule has 2 aromatic rings. The second-order valence-corrected chi connectivity index (χ2v) is 8.38. The van der Waals surface area contributed by atoms with Crippen molar-refractivity contribution < 1.29 is 22.7 Å². The number of carbonyl (C=O) groups excluding carboxylic acids is 1. The van der Waals surface area contributed by atoms with Crippen LogP contribution in [0.15, 0.2) is 40.6 Å². The number of rotatable bonds is 6. The Kier molecular flexibility index (Phi) is 4.98. The minimum Gasteiger partial charge on any atom is -0.454 e. The number of carbonyl (C=O) groups is 1. The molecule has 1 aromatic heterocycles. The van der Waals surface area contributed by atoms with Crippen LogP contribution in [0.2, 0.25) is 0 Å². The van der Waals surface area contributed by atoms with Gasteiger partial charge in [0.15, 0.2) is 21.3 Å². The predicted octanol–water partition coefficient (Wildman–Crippen LogP) is 2.35. The fourth-order valence-electron chi connectivity index (χ4n) is 2.31. The van der Waals surface area contributed by atoms with E-state index in [0.29, 0.717) is 16.4 Å². The number of benzene rings is 1. The summed E-state index contributed by atoms with van der Waals surface area (Å²) < 4.78 is 36.6. The van der Waals surface area contributed by atoms with Crippen molar-refractivity contribution in [2.24, 2.45) is 0 Å². The Morgan fingerprint density at radius 1 is 1.29 bits per heavy atom. The SMILES string of the molecule is O=C(CCl)NC[C@H](c1cccs1)S(=O)(=O)c1ccc2c(c1)OCO2. The average molecular weight is 388 g/mol. The minimum atomic E-state index is -3.73. The summed E-state index contributed by atoms with van der Waals surface area (Å²) in [6, 6.07) is 7.99. The van der Waals surface area contributed by atoms with Gasteiger partial charge in [0.25, 0.3) is 0 Å². The van der Waals surface area contributed by atoms with Crippen LogP contribution in [-0.2, 0) is 14.6 Å². The van der Waals surface area contributed by atoms with Gasteiger partial charge in [-0.25, -0.2) is 8.42 Å². The average Bonchev–Trinajstić information content (AvgIpc) is 3.25. The molecule has 1 aliphatic rings. The van der Waals surface area contributed by atoms with Crippen LogP contribution < -0.4 is 14.8 Å². The van der Waals surface area contributed by atoms with E-state index in [1.54, 1.807) is 23.6 Å². The quantitative estimate of drug-likeness (QED) is 0.769. The van der Waals surface area contributed by atoms with E-state index < -0.39 is 21.0 Å². The highest BCUT2D eigenvalue weighted by molar-refractivity contribution is 7.91. The number of hydrogen-bond acceptors (Lipinski definition) is 6. The molecule has 2 heterocycles. The molecule has 1 aliphatic heterocycles. The summed E-state index contributed by atoms with van der Waals surface area (Å²) in [5, 5.41) is 3.44. The molecule has 0 bridgehead atoms. The van der Waals surface area contributed by atoms with E-state index in [0.717, 1.165) is 0 Å². The number of nitrogens with one attached hydrogen (secondary N) is 1. The van der Waals surface area contributed by atoms with Gasteiger partial charge in [0, 0.05) is 17.5 Å². The van der Waals surface area contributed by atoms with Crippen LogP contribution in [0.4, 0.5) is 0 Å². The second-order valence-electron chi connectivity index (χ2n) is 5.00. The van der Waals surface area contributed by atoms with Gasteiger partial charge in [-0.1, -0.05) is 6.07 Å². The van der Waals surface area contributed by atoms with Crippen molar-refractivity contribution in [3.63, 3.8) is 0 Å². The molecule has 0 saturated carbocycles. The highest BCUT2D eigenvalue weighted by Gasteiger charge is 2.31. The lowest BCUT2D eigenvalue weighted by Gasteiger charge is -2.17. The molecular weight excluding hydrogens is 374 g/mol. The van der Waals surface area contributed by atoms with E-state index in [9.17, 15) is 13.2 Å². The summed E-state index contributed by atoms with van der Waals surface area (Å²) in [5.74, 6) is 0.267. The lowest BCUT2D eigenvalue weighted by atomic mass is 10.3. The van der Waals surface area contributed by atoms with Gasteiger partial charge in [-0.05, 0) is 23.6 Å². The molecule has 0 radical (unpaired) electrons. The number of amides is 1. The standard InChI is InChI=1S/C15H14ClNO5S2/c16-7-15(18)17-8-14(13-2-1-5-23-13)24(19,20)10-3-4-11-12(6-10)22-9-21-11/h1-6,14H,7-9H2,(H,17,18)/t14-/m1/s1. The van der Waals surface area contributed by atoms with Crippen LogP contribution in [0.5, 0.6) is 11.5 Å². The molecule has 0 spiro atoms. The number of halogens is 1. The topological polar surface area (TPSA) is 81.7 Å². The molecule has 6 nitrogen and oxygen atoms in total. The summed E-state index contributed by atoms with van der Waals surface area (Å²) >= 11 is 6.78. The van der Waals surface area contributed by atoms with Gasteiger partial charge < -0.3 is 14.8 Å². The van der Waals surface area contributed by atoms with Crippen molar-refractivity contribution in [1.29, 1.82) is 0 Å². The third-order valence-corrected chi connectivity index (χ3v) is 6.97. The number of alkyl halides is 1. The predicted molar refractivity (Wildman–Crippen MR) is 90.5 cm³/mol. The van der Waals surface area contributed by atoms with E-state index in [1.807, 2.05) is 0 Å². The van der Waals surface area contributed by atoms with Crippen molar-refractivity contribution >= 4 is 38.7 Å². The van der Waals surface area contributed by atoms with Crippen LogP contribution >= 0.6 is 22.9 Å². The van der Waals surface area contributed by atoms with Crippen molar-refractivity contribution in [3.05, 3.63) is 40.6 Å². The fraction of sp³-hybridized carbons (Fsp3) is 0.267. The zero-order chi connectivity index (χ0) is 17.2. The molecule has 1 aromatic carbocycles. The monoisotopic (exact) mass is 387 g/mol. The number of hydrogen-bond donors (Lipinski definition) is 1. The molecule has 0 saturated heterocycles. The third-order valence-electron chi connectivity index (χ3n) is 3.51. The van der Waals surface area contributed by atoms with Gasteiger partial charge in [-0.15, -0.1) is 22.9 Å². The van der Waals surface area contributed by atoms with Crippen molar-refractivity contribution in [2.75, 3.05) is 19.2 Å². The molecule has 0 fully saturated rings. The van der Waals surface area contributed by atoms with Crippen LogP contribution in [0, 0.1) is 0 Å². The van der Waals surface area contributed by atoms with Crippen LogP contribution in [0.1, 0.15) is 10.1 Å². The second kappa shape index (κ2) is 7.00. The van der Waals surface area contributed by atoms with Crippen LogP contribution in [-0.4, -0.2) is 33.5 Å². The van der Waals surface area contributed by atoms with E-state index in [1.165, 1.54) is 23.5 Å². The zero-order valence-electron chi connectivity index (χ0n) is 12.4. The summed E-state index contributed by atoms with van der Waals surface area (Å²) in [7, 11) is -3.73. The summed E-state index contributed by atoms with van der Waals surface area (Å²) in [5.41, 5.74) is 0. The number of sulfone groups is 1. The number of fused-ring (bicyclic) bond motifs is 1. The highest BCUT2D eigenvalue weighted by Crippen LogP contribution is 2.38. The third kappa shape index (κ3) is 3.35.